The second-order valence-corrected chi connectivity index (χ2v) is 8.63. The summed E-state index contributed by atoms with van der Waals surface area (Å²) in [5.41, 5.74) is 13.5. The summed E-state index contributed by atoms with van der Waals surface area (Å²) in [5.74, 6) is 0.556. The summed E-state index contributed by atoms with van der Waals surface area (Å²) in [6.07, 6.45) is 6.94. The van der Waals surface area contributed by atoms with Gasteiger partial charge in [-0.3, -0.25) is 0 Å². The van der Waals surface area contributed by atoms with Gasteiger partial charge in [-0.25, -0.2) is 0 Å². The largest absolute Gasteiger partial charge is 0.350 e. The molecule has 0 aromatic heterocycles. The lowest BCUT2D eigenvalue weighted by atomic mass is 9.97. The van der Waals surface area contributed by atoms with Crippen LogP contribution in [0.3, 0.4) is 0 Å². The Morgan fingerprint density at radius 3 is 1.75 bits per heavy atom. The zero-order chi connectivity index (χ0) is 20.2. The minimum Gasteiger partial charge on any atom is -0.350 e. The second-order valence-electron chi connectivity index (χ2n) is 8.63. The van der Waals surface area contributed by atoms with Gasteiger partial charge >= 0.3 is 0 Å². The summed E-state index contributed by atoms with van der Waals surface area (Å²) in [5, 5.41) is 2.55. The average molecular weight is 384 g/mol. The molecule has 0 saturated heterocycles. The van der Waals surface area contributed by atoms with E-state index in [0.717, 1.165) is 32.2 Å². The van der Waals surface area contributed by atoms with Crippen molar-refractivity contribution in [3.05, 3.63) is 71.8 Å². The predicted molar refractivity (Wildman–Crippen MR) is 119 cm³/mol. The van der Waals surface area contributed by atoms with Crippen molar-refractivity contribution in [1.29, 1.82) is 0 Å². The van der Waals surface area contributed by atoms with E-state index in [0.29, 0.717) is 24.0 Å². The zero-order valence-corrected chi connectivity index (χ0v) is 17.9. The van der Waals surface area contributed by atoms with Crippen LogP contribution in [0.15, 0.2) is 60.7 Å². The Hall–Kier alpha value is -1.68. The van der Waals surface area contributed by atoms with Crippen molar-refractivity contribution >= 4 is 0 Å². The van der Waals surface area contributed by atoms with E-state index in [2.05, 4.69) is 85.6 Å². The molecule has 0 bridgehead atoms. The van der Waals surface area contributed by atoms with E-state index in [9.17, 15) is 0 Å². The Morgan fingerprint density at radius 1 is 0.786 bits per heavy atom. The molecule has 0 spiro atoms. The van der Waals surface area contributed by atoms with Crippen LogP contribution < -0.4 is 16.8 Å². The lowest BCUT2D eigenvalue weighted by molar-refractivity contribution is -0.712. The van der Waals surface area contributed by atoms with Crippen LogP contribution in [0.4, 0.5) is 0 Å². The highest BCUT2D eigenvalue weighted by Gasteiger charge is 2.18. The van der Waals surface area contributed by atoms with Gasteiger partial charge in [-0.1, -0.05) is 74.5 Å². The molecule has 0 amide bonds. The maximum atomic E-state index is 6.21. The van der Waals surface area contributed by atoms with Crippen LogP contribution in [-0.2, 0) is 12.8 Å². The molecule has 2 rings (SSSR count). The maximum absolute atomic E-state index is 6.21. The molecule has 1 unspecified atom stereocenters. The molecule has 28 heavy (non-hydrogen) atoms. The number of benzene rings is 2. The number of aryl methyl sites for hydroxylation is 2. The smallest absolute Gasteiger partial charge is 0.134 e. The average Bonchev–Trinajstić information content (AvgIpc) is 2.72. The van der Waals surface area contributed by atoms with Gasteiger partial charge in [0.15, 0.2) is 0 Å². The molecule has 0 fully saturated rings. The third kappa shape index (κ3) is 9.01. The minimum atomic E-state index is 0.302. The van der Waals surface area contributed by atoms with Gasteiger partial charge in [0.05, 0.1) is 6.04 Å². The van der Waals surface area contributed by atoms with Crippen LogP contribution in [0, 0.1) is 5.92 Å². The Labute approximate surface area is 171 Å². The molecule has 3 heteroatoms. The molecular formula is C25H41N3+2. The summed E-state index contributed by atoms with van der Waals surface area (Å²) >= 11 is 0. The first-order chi connectivity index (χ1) is 13.5. The van der Waals surface area contributed by atoms with Crippen molar-refractivity contribution in [2.45, 2.75) is 70.5 Å². The molecule has 0 saturated carbocycles. The van der Waals surface area contributed by atoms with Crippen molar-refractivity contribution in [3.8, 4) is 0 Å². The van der Waals surface area contributed by atoms with Gasteiger partial charge in [-0.05, 0) is 36.3 Å². The number of quaternary nitrogens is 2. The first-order valence-electron chi connectivity index (χ1n) is 11.0. The summed E-state index contributed by atoms with van der Waals surface area (Å²) in [6.45, 7) is 5.51. The first-order valence-corrected chi connectivity index (χ1v) is 11.0. The molecule has 154 valence electrons. The lowest BCUT2D eigenvalue weighted by Crippen LogP contribution is -2.95. The Morgan fingerprint density at radius 2 is 1.29 bits per heavy atom. The van der Waals surface area contributed by atoms with E-state index >= 15 is 0 Å². The number of rotatable bonds is 13. The molecule has 2 atom stereocenters. The fraction of sp³-hybridized carbons (Fsp3) is 0.520. The van der Waals surface area contributed by atoms with Crippen molar-refractivity contribution in [3.63, 3.8) is 0 Å². The van der Waals surface area contributed by atoms with Gasteiger partial charge in [-0.2, -0.15) is 0 Å². The normalized spacial score (nSPS) is 13.8. The molecular weight excluding hydrogens is 342 g/mol. The molecule has 0 aliphatic heterocycles. The molecule has 3 nitrogen and oxygen atoms in total. The van der Waals surface area contributed by atoms with Gasteiger partial charge in [0.25, 0.3) is 0 Å². The topological polar surface area (TPSA) is 70.3 Å². The van der Waals surface area contributed by atoms with E-state index < -0.39 is 0 Å². The maximum Gasteiger partial charge on any atom is 0.134 e. The Balaban J connectivity index is 1.82. The molecule has 0 aliphatic carbocycles. The summed E-state index contributed by atoms with van der Waals surface area (Å²) in [6, 6.07) is 23.1. The van der Waals surface area contributed by atoms with Gasteiger partial charge in [0.1, 0.15) is 12.6 Å². The summed E-state index contributed by atoms with van der Waals surface area (Å²) < 4.78 is 0. The van der Waals surface area contributed by atoms with Crippen LogP contribution in [0.25, 0.3) is 0 Å². The van der Waals surface area contributed by atoms with Gasteiger partial charge < -0.3 is 16.8 Å². The molecule has 2 aromatic rings. The summed E-state index contributed by atoms with van der Waals surface area (Å²) in [7, 11) is 0. The molecule has 0 heterocycles. The highest BCUT2D eigenvalue weighted by Crippen LogP contribution is 2.10. The van der Waals surface area contributed by atoms with Crippen LogP contribution in [0.5, 0.6) is 0 Å². The quantitative estimate of drug-likeness (QED) is 0.489. The van der Waals surface area contributed by atoms with Crippen LogP contribution in [-0.4, -0.2) is 24.7 Å². The fourth-order valence-corrected chi connectivity index (χ4v) is 3.64. The molecule has 0 radical (unpaired) electrons. The fourth-order valence-electron chi connectivity index (χ4n) is 3.64. The molecule has 0 aliphatic rings. The van der Waals surface area contributed by atoms with Crippen LogP contribution >= 0.6 is 0 Å². The predicted octanol–water partition coefficient (Wildman–Crippen LogP) is 2.56. The SMILES string of the molecule is CC(C)C(N)CC[C@H]([NH3+])C[NH2+]C(CCc1ccccc1)CCc1ccccc1. The van der Waals surface area contributed by atoms with Crippen molar-refractivity contribution in [2.24, 2.45) is 11.7 Å². The standard InChI is InChI=1S/C25H39N3/c1-20(2)25(27)18-15-23(26)19-28-24(16-13-21-9-5-3-6-10-21)17-14-22-11-7-4-8-12-22/h3-12,20,23-25,28H,13-19,26-27H2,1-2H3/p+2/t23-,25?/m0/s1. The highest BCUT2D eigenvalue weighted by molar-refractivity contribution is 5.16. The van der Waals surface area contributed by atoms with E-state index in [-0.39, 0.29) is 0 Å². The number of nitrogens with two attached hydrogens (primary N) is 2. The second kappa shape index (κ2) is 12.7. The molecule has 2 aromatic carbocycles. The van der Waals surface area contributed by atoms with E-state index in [1.807, 2.05) is 0 Å². The van der Waals surface area contributed by atoms with E-state index in [4.69, 9.17) is 5.73 Å². The van der Waals surface area contributed by atoms with Crippen LogP contribution in [0.2, 0.25) is 0 Å². The number of hydrogen-bond acceptors (Lipinski definition) is 1. The Bertz CT molecular complexity index is 583. The van der Waals surface area contributed by atoms with E-state index in [1.54, 1.807) is 0 Å². The first kappa shape index (κ1) is 22.6. The third-order valence-corrected chi connectivity index (χ3v) is 5.86. The highest BCUT2D eigenvalue weighted by atomic mass is 14.9. The molecule has 7 N–H and O–H groups in total. The number of hydrogen-bond donors (Lipinski definition) is 3. The lowest BCUT2D eigenvalue weighted by Gasteiger charge is -2.19. The van der Waals surface area contributed by atoms with Gasteiger partial charge in [0.2, 0.25) is 0 Å². The zero-order valence-electron chi connectivity index (χ0n) is 17.9. The Kier molecular flexibility index (Phi) is 10.3. The summed E-state index contributed by atoms with van der Waals surface area (Å²) in [4.78, 5) is 0. The van der Waals surface area contributed by atoms with Gasteiger partial charge in [0, 0.05) is 25.3 Å². The van der Waals surface area contributed by atoms with Gasteiger partial charge in [-0.15, -0.1) is 0 Å². The van der Waals surface area contributed by atoms with Crippen molar-refractivity contribution in [2.75, 3.05) is 6.54 Å². The van der Waals surface area contributed by atoms with Crippen molar-refractivity contribution in [1.82, 2.24) is 0 Å². The van der Waals surface area contributed by atoms with E-state index in [1.165, 1.54) is 24.0 Å². The monoisotopic (exact) mass is 383 g/mol. The minimum absolute atomic E-state index is 0.302. The van der Waals surface area contributed by atoms with Crippen LogP contribution in [0.1, 0.15) is 50.7 Å². The third-order valence-electron chi connectivity index (χ3n) is 5.86. The van der Waals surface area contributed by atoms with Crippen molar-refractivity contribution < 1.29 is 11.1 Å².